The van der Waals surface area contributed by atoms with E-state index in [0.29, 0.717) is 24.0 Å². The highest BCUT2D eigenvalue weighted by atomic mass is 32.2. The molecule has 1 aliphatic heterocycles. The van der Waals surface area contributed by atoms with Crippen LogP contribution in [0.5, 0.6) is 5.88 Å². The largest absolute Gasteiger partial charge is 0.481 e. The molecular formula is C25H23N5O2S. The van der Waals surface area contributed by atoms with Crippen molar-refractivity contribution in [2.45, 2.75) is 17.9 Å². The number of carbonyl (C=O) groups is 1. The minimum atomic E-state index is 0.00300. The molecule has 166 valence electrons. The van der Waals surface area contributed by atoms with Gasteiger partial charge in [-0.05, 0) is 48.4 Å². The Balaban J connectivity index is 1.20. The number of aromatic nitrogens is 3. The molecule has 0 spiro atoms. The average Bonchev–Trinajstić information content (AvgIpc) is 2.86. The molecule has 1 amide bonds. The van der Waals surface area contributed by atoms with Crippen LogP contribution in [0, 0.1) is 0 Å². The maximum atomic E-state index is 11.6. The van der Waals surface area contributed by atoms with Crippen molar-refractivity contribution in [3.8, 4) is 17.0 Å². The molecule has 0 unspecified atom stereocenters. The normalized spacial score (nSPS) is 12.9. The number of amides is 1. The molecule has 0 bridgehead atoms. The molecule has 4 aromatic rings. The Labute approximate surface area is 196 Å². The van der Waals surface area contributed by atoms with Crippen molar-refractivity contribution in [2.75, 3.05) is 24.7 Å². The second-order valence-electron chi connectivity index (χ2n) is 7.69. The molecule has 8 heteroatoms. The zero-order chi connectivity index (χ0) is 22.6. The average molecular weight is 458 g/mol. The highest BCUT2D eigenvalue weighted by molar-refractivity contribution is 8.00. The maximum Gasteiger partial charge on any atom is 0.235 e. The highest BCUT2D eigenvalue weighted by Gasteiger charge is 2.16. The smallest absolute Gasteiger partial charge is 0.235 e. The number of nitrogens with zero attached hydrogens (tertiary/aromatic N) is 3. The summed E-state index contributed by atoms with van der Waals surface area (Å²) in [6.07, 6.45) is 2.71. The molecule has 0 fully saturated rings. The number of anilines is 1. The quantitative estimate of drug-likeness (QED) is 0.404. The summed E-state index contributed by atoms with van der Waals surface area (Å²) in [5, 5.41) is 6.28. The van der Waals surface area contributed by atoms with Gasteiger partial charge in [0.2, 0.25) is 11.8 Å². The Kier molecular flexibility index (Phi) is 6.19. The number of rotatable bonds is 7. The van der Waals surface area contributed by atoms with Crippen LogP contribution in [-0.2, 0) is 17.8 Å². The molecule has 0 aliphatic carbocycles. The number of pyridine rings is 3. The first kappa shape index (κ1) is 21.4. The number of hydrogen-bond acceptors (Lipinski definition) is 7. The summed E-state index contributed by atoms with van der Waals surface area (Å²) in [4.78, 5) is 26.1. The monoisotopic (exact) mass is 457 g/mol. The van der Waals surface area contributed by atoms with Crippen LogP contribution in [0.4, 0.5) is 5.82 Å². The van der Waals surface area contributed by atoms with Crippen molar-refractivity contribution in [1.82, 2.24) is 20.3 Å². The van der Waals surface area contributed by atoms with E-state index in [1.807, 2.05) is 36.5 Å². The molecule has 1 aromatic carbocycles. The Morgan fingerprint density at radius 1 is 1.06 bits per heavy atom. The molecule has 2 N–H and O–H groups in total. The number of ether oxygens (including phenoxy) is 1. The molecule has 3 aromatic heterocycles. The van der Waals surface area contributed by atoms with Gasteiger partial charge in [0.25, 0.3) is 0 Å². The molecule has 0 saturated heterocycles. The van der Waals surface area contributed by atoms with Crippen molar-refractivity contribution in [1.29, 1.82) is 0 Å². The molecule has 0 saturated carbocycles. The Morgan fingerprint density at radius 3 is 2.79 bits per heavy atom. The van der Waals surface area contributed by atoms with Crippen molar-refractivity contribution in [3.05, 3.63) is 72.1 Å². The third-order valence-corrected chi connectivity index (χ3v) is 6.51. The molecule has 4 heterocycles. The molecule has 1 aliphatic rings. The Morgan fingerprint density at radius 2 is 1.94 bits per heavy atom. The lowest BCUT2D eigenvalue weighted by molar-refractivity contribution is -0.113. The first-order valence-corrected chi connectivity index (χ1v) is 11.7. The molecule has 33 heavy (non-hydrogen) atoms. The van der Waals surface area contributed by atoms with Crippen LogP contribution in [0.2, 0.25) is 0 Å². The van der Waals surface area contributed by atoms with Crippen LogP contribution in [0.1, 0.15) is 11.3 Å². The number of carbonyl (C=O) groups excluding carboxylic acids is 1. The van der Waals surface area contributed by atoms with Crippen molar-refractivity contribution in [3.63, 3.8) is 0 Å². The van der Waals surface area contributed by atoms with Gasteiger partial charge in [-0.25, -0.2) is 9.97 Å². The maximum absolute atomic E-state index is 11.6. The van der Waals surface area contributed by atoms with Crippen LogP contribution < -0.4 is 15.4 Å². The standard InChI is InChI=1S/C25H23N5O2S/c1-32-23-9-7-20-24(30-23)19(11-13-27-20)17-4-2-16(3-5-17)10-12-26-14-18-6-8-21-25(28-18)29-22(31)15-33-21/h2-9,11,13,26H,10,12,14-15H2,1H3,(H,28,29,31). The fourth-order valence-electron chi connectivity index (χ4n) is 3.76. The minimum Gasteiger partial charge on any atom is -0.481 e. The van der Waals surface area contributed by atoms with Gasteiger partial charge in [-0.15, -0.1) is 11.8 Å². The van der Waals surface area contributed by atoms with E-state index in [-0.39, 0.29) is 5.91 Å². The second-order valence-corrected chi connectivity index (χ2v) is 8.71. The van der Waals surface area contributed by atoms with Crippen LogP contribution >= 0.6 is 11.8 Å². The number of thioether (sulfide) groups is 1. The van der Waals surface area contributed by atoms with Crippen molar-refractivity contribution >= 4 is 34.5 Å². The van der Waals surface area contributed by atoms with Gasteiger partial charge in [-0.1, -0.05) is 24.3 Å². The third kappa shape index (κ3) is 4.81. The van der Waals surface area contributed by atoms with Gasteiger partial charge in [0.15, 0.2) is 0 Å². The van der Waals surface area contributed by atoms with Gasteiger partial charge in [0, 0.05) is 24.4 Å². The SMILES string of the molecule is COc1ccc2nccc(-c3ccc(CCNCc4ccc5c(n4)NC(=O)CS5)cc3)c2n1. The van der Waals surface area contributed by atoms with E-state index in [1.165, 1.54) is 17.3 Å². The summed E-state index contributed by atoms with van der Waals surface area (Å²) in [5.41, 5.74) is 5.97. The lowest BCUT2D eigenvalue weighted by Crippen LogP contribution is -2.22. The van der Waals surface area contributed by atoms with E-state index in [4.69, 9.17) is 4.74 Å². The number of methoxy groups -OCH3 is 1. The van der Waals surface area contributed by atoms with E-state index >= 15 is 0 Å². The topological polar surface area (TPSA) is 89.0 Å². The first-order chi connectivity index (χ1) is 16.2. The van der Waals surface area contributed by atoms with Crippen molar-refractivity contribution in [2.24, 2.45) is 0 Å². The van der Waals surface area contributed by atoms with Crippen LogP contribution in [-0.4, -0.2) is 40.3 Å². The fraction of sp³-hybridized carbons (Fsp3) is 0.200. The van der Waals surface area contributed by atoms with Crippen LogP contribution in [0.25, 0.3) is 22.2 Å². The van der Waals surface area contributed by atoms with Gasteiger partial charge in [-0.2, -0.15) is 0 Å². The summed E-state index contributed by atoms with van der Waals surface area (Å²) in [5.74, 6) is 1.70. The Bertz CT molecular complexity index is 1310. The summed E-state index contributed by atoms with van der Waals surface area (Å²) >= 11 is 1.52. The number of benzene rings is 1. The van der Waals surface area contributed by atoms with Gasteiger partial charge in [0.05, 0.1) is 29.0 Å². The van der Waals surface area contributed by atoms with E-state index in [1.54, 1.807) is 7.11 Å². The number of fused-ring (bicyclic) bond motifs is 2. The van der Waals surface area contributed by atoms with Gasteiger partial charge in [0.1, 0.15) is 11.3 Å². The molecular weight excluding hydrogens is 434 g/mol. The molecule has 7 nitrogen and oxygen atoms in total. The molecule has 0 radical (unpaired) electrons. The summed E-state index contributed by atoms with van der Waals surface area (Å²) < 4.78 is 5.28. The lowest BCUT2D eigenvalue weighted by Gasteiger charge is -2.16. The van der Waals surface area contributed by atoms with E-state index in [9.17, 15) is 4.79 Å². The predicted octanol–water partition coefficient (Wildman–Crippen LogP) is 4.08. The van der Waals surface area contributed by atoms with E-state index < -0.39 is 0 Å². The Hall–Kier alpha value is -3.49. The zero-order valence-electron chi connectivity index (χ0n) is 18.2. The van der Waals surface area contributed by atoms with Gasteiger partial charge >= 0.3 is 0 Å². The summed E-state index contributed by atoms with van der Waals surface area (Å²) in [6, 6.07) is 18.3. The third-order valence-electron chi connectivity index (χ3n) is 5.46. The zero-order valence-corrected chi connectivity index (χ0v) is 19.0. The number of nitrogens with one attached hydrogen (secondary N) is 2. The minimum absolute atomic E-state index is 0.00300. The van der Waals surface area contributed by atoms with Gasteiger partial charge in [-0.3, -0.25) is 9.78 Å². The fourth-order valence-corrected chi connectivity index (χ4v) is 4.51. The number of hydrogen-bond donors (Lipinski definition) is 2. The highest BCUT2D eigenvalue weighted by Crippen LogP contribution is 2.30. The lowest BCUT2D eigenvalue weighted by atomic mass is 10.0. The van der Waals surface area contributed by atoms with E-state index in [0.717, 1.165) is 45.7 Å². The molecule has 0 atom stereocenters. The summed E-state index contributed by atoms with van der Waals surface area (Å²) in [6.45, 7) is 1.48. The van der Waals surface area contributed by atoms with Gasteiger partial charge < -0.3 is 15.4 Å². The van der Waals surface area contributed by atoms with Crippen LogP contribution in [0.3, 0.4) is 0 Å². The van der Waals surface area contributed by atoms with Crippen LogP contribution in [0.15, 0.2) is 65.7 Å². The first-order valence-electron chi connectivity index (χ1n) is 10.7. The molecule has 5 rings (SSSR count). The predicted molar refractivity (Wildman–Crippen MR) is 131 cm³/mol. The second kappa shape index (κ2) is 9.56. The van der Waals surface area contributed by atoms with E-state index in [2.05, 4.69) is 49.9 Å². The van der Waals surface area contributed by atoms with Crippen molar-refractivity contribution < 1.29 is 9.53 Å². The summed E-state index contributed by atoms with van der Waals surface area (Å²) in [7, 11) is 1.62.